The predicted octanol–water partition coefficient (Wildman–Crippen LogP) is 5.99. The van der Waals surface area contributed by atoms with Crippen molar-refractivity contribution >= 4 is 41.0 Å². The summed E-state index contributed by atoms with van der Waals surface area (Å²) in [7, 11) is 0. The van der Waals surface area contributed by atoms with Gasteiger partial charge in [-0.15, -0.1) is 0 Å². The average molecular weight is 918 g/mol. The van der Waals surface area contributed by atoms with Crippen LogP contribution in [-0.2, 0) is 25.7 Å². The largest absolute Gasteiger partial charge is 0.489 e. The highest BCUT2D eigenvalue weighted by molar-refractivity contribution is 6.31. The first-order chi connectivity index (χ1) is 31.2. The molecule has 346 valence electrons. The van der Waals surface area contributed by atoms with Crippen LogP contribution in [0.4, 0.5) is 5.82 Å². The van der Waals surface area contributed by atoms with Crippen LogP contribution in [0.3, 0.4) is 0 Å². The first-order valence-electron chi connectivity index (χ1n) is 21.8. The molecule has 2 aliphatic rings. The number of aromatic nitrogens is 1. The van der Waals surface area contributed by atoms with Crippen molar-refractivity contribution in [3.63, 3.8) is 0 Å². The fourth-order valence-corrected chi connectivity index (χ4v) is 9.25. The number of aliphatic hydroxyl groups is 1. The topological polar surface area (TPSA) is 219 Å². The Hall–Kier alpha value is -6.52. The second-order valence-corrected chi connectivity index (χ2v) is 19.5. The molecule has 1 unspecified atom stereocenters. The molecule has 1 saturated carbocycles. The summed E-state index contributed by atoms with van der Waals surface area (Å²) in [6.07, 6.45) is 0.665. The van der Waals surface area contributed by atoms with Crippen molar-refractivity contribution < 1.29 is 33.8 Å². The Bertz CT molecular complexity index is 2480. The van der Waals surface area contributed by atoms with E-state index in [9.17, 15) is 29.5 Å². The molecular weight excluding hydrogens is 860 g/mol. The number of anilines is 1. The second kappa shape index (κ2) is 20.3. The third kappa shape index (κ3) is 11.3. The van der Waals surface area contributed by atoms with E-state index in [1.807, 2.05) is 45.0 Å². The molecule has 3 aromatic carbocycles. The number of carbonyl (C=O) groups is 4. The van der Waals surface area contributed by atoms with Gasteiger partial charge in [0.2, 0.25) is 17.7 Å². The summed E-state index contributed by atoms with van der Waals surface area (Å²) in [6, 6.07) is 24.8. The summed E-state index contributed by atoms with van der Waals surface area (Å²) in [5.41, 5.74) is 2.38. The number of nitrogens with zero attached hydrogens (tertiary/aromatic N) is 4. The lowest BCUT2D eigenvalue weighted by Crippen LogP contribution is -2.74. The molecule has 4 aromatic rings. The van der Waals surface area contributed by atoms with Crippen molar-refractivity contribution in [3.05, 3.63) is 112 Å². The molecule has 5 N–H and O–H groups in total. The van der Waals surface area contributed by atoms with Gasteiger partial charge in [-0.25, -0.2) is 4.98 Å². The molecule has 4 amide bonds. The van der Waals surface area contributed by atoms with Crippen LogP contribution in [0.5, 0.6) is 5.75 Å². The smallest absolute Gasteiger partial charge is 0.251 e. The van der Waals surface area contributed by atoms with E-state index in [2.05, 4.69) is 66.1 Å². The van der Waals surface area contributed by atoms with E-state index in [0.29, 0.717) is 39.8 Å². The zero-order valence-electron chi connectivity index (χ0n) is 38.3. The summed E-state index contributed by atoms with van der Waals surface area (Å²) in [6.45, 7) is 14.0. The van der Waals surface area contributed by atoms with Gasteiger partial charge in [0.15, 0.2) is 0 Å². The Balaban J connectivity index is 0.936. The summed E-state index contributed by atoms with van der Waals surface area (Å²) >= 11 is 6.24. The Kier molecular flexibility index (Phi) is 15.1. The van der Waals surface area contributed by atoms with Gasteiger partial charge in [-0.1, -0.05) is 84.3 Å². The molecule has 0 spiro atoms. The Morgan fingerprint density at radius 3 is 2.23 bits per heavy atom. The molecule has 0 radical (unpaired) electrons. The monoisotopic (exact) mass is 916 g/mol. The number of nitriles is 2. The molecule has 15 nitrogen and oxygen atoms in total. The zero-order valence-corrected chi connectivity index (χ0v) is 39.0. The van der Waals surface area contributed by atoms with Crippen molar-refractivity contribution in [2.45, 2.75) is 91.8 Å². The van der Waals surface area contributed by atoms with Crippen molar-refractivity contribution in [2.24, 2.45) is 16.2 Å². The molecule has 3 atom stereocenters. The molecule has 1 aliphatic carbocycles. The summed E-state index contributed by atoms with van der Waals surface area (Å²) in [5, 5.41) is 41.1. The number of ether oxygens (including phenoxy) is 2. The highest BCUT2D eigenvalue weighted by Crippen LogP contribution is 2.55. The van der Waals surface area contributed by atoms with Crippen LogP contribution in [0.1, 0.15) is 81.9 Å². The van der Waals surface area contributed by atoms with E-state index in [1.165, 1.54) is 4.90 Å². The minimum absolute atomic E-state index is 0.0460. The van der Waals surface area contributed by atoms with Crippen LogP contribution in [-0.4, -0.2) is 95.3 Å². The number of hydrogen-bond donors (Lipinski definition) is 5. The van der Waals surface area contributed by atoms with Crippen LogP contribution in [0.15, 0.2) is 85.1 Å². The van der Waals surface area contributed by atoms with Crippen molar-refractivity contribution in [1.82, 2.24) is 25.8 Å². The van der Waals surface area contributed by atoms with Crippen LogP contribution < -0.4 is 26.0 Å². The normalized spacial score (nSPS) is 19.8. The van der Waals surface area contributed by atoms with Crippen molar-refractivity contribution in [2.75, 3.05) is 31.6 Å². The number of rotatable bonds is 16. The van der Waals surface area contributed by atoms with E-state index >= 15 is 0 Å². The highest BCUT2D eigenvalue weighted by atomic mass is 35.5. The number of pyridine rings is 1. The maximum atomic E-state index is 13.9. The first-order valence-corrected chi connectivity index (χ1v) is 22.2. The van der Waals surface area contributed by atoms with Crippen molar-refractivity contribution in [3.8, 4) is 29.0 Å². The molecule has 16 heteroatoms. The lowest BCUT2D eigenvalue weighted by molar-refractivity contribution is -0.164. The van der Waals surface area contributed by atoms with Crippen LogP contribution >= 0.6 is 11.6 Å². The number of likely N-dealkylation sites (tertiary alicyclic amines) is 1. The predicted molar refractivity (Wildman–Crippen MR) is 249 cm³/mol. The number of hydrogen-bond acceptors (Lipinski definition) is 11. The number of benzene rings is 3. The van der Waals surface area contributed by atoms with Gasteiger partial charge in [0.1, 0.15) is 42.4 Å². The second-order valence-electron chi connectivity index (χ2n) is 19.1. The molecule has 0 bridgehead atoms. The molecule has 2 fully saturated rings. The van der Waals surface area contributed by atoms with E-state index in [-0.39, 0.29) is 50.8 Å². The Morgan fingerprint density at radius 2 is 1.62 bits per heavy atom. The van der Waals surface area contributed by atoms with Gasteiger partial charge in [0.25, 0.3) is 5.91 Å². The summed E-state index contributed by atoms with van der Waals surface area (Å²) in [5.74, 6) is -0.429. The van der Waals surface area contributed by atoms with Crippen LogP contribution in [0, 0.1) is 38.9 Å². The van der Waals surface area contributed by atoms with Gasteiger partial charge in [-0.3, -0.25) is 19.2 Å². The minimum atomic E-state index is -0.994. The van der Waals surface area contributed by atoms with E-state index < -0.39 is 52.2 Å². The summed E-state index contributed by atoms with van der Waals surface area (Å²) in [4.78, 5) is 59.5. The quantitative estimate of drug-likeness (QED) is 0.0822. The SMILES string of the molecule is CC(C)(C)C(NC(=O)COCCNc1ccc(-c2ccc(C(=O)NC3C(C)(C)C(Oc4ccc(C#N)c(Cl)c4)C3(C)C)cc2)cn1)C(=O)N1C[C@H](O)C[C@H]1C(=O)NCc1ccc(C#N)cc1. The molecule has 1 aromatic heterocycles. The van der Waals surface area contributed by atoms with Crippen LogP contribution in [0.25, 0.3) is 11.1 Å². The summed E-state index contributed by atoms with van der Waals surface area (Å²) < 4.78 is 12.0. The molecule has 66 heavy (non-hydrogen) atoms. The lowest BCUT2D eigenvalue weighted by atomic mass is 9.49. The van der Waals surface area contributed by atoms with E-state index in [4.69, 9.17) is 26.3 Å². The molecular formula is C50H57ClN8O7. The lowest BCUT2D eigenvalue weighted by Gasteiger charge is -2.63. The minimum Gasteiger partial charge on any atom is -0.489 e. The zero-order chi connectivity index (χ0) is 48.0. The number of amides is 4. The van der Waals surface area contributed by atoms with Gasteiger partial charge >= 0.3 is 0 Å². The van der Waals surface area contributed by atoms with Gasteiger partial charge in [0, 0.05) is 66.3 Å². The molecule has 1 aliphatic heterocycles. The van der Waals surface area contributed by atoms with E-state index in [0.717, 1.165) is 16.7 Å². The Morgan fingerprint density at radius 1 is 0.939 bits per heavy atom. The first kappa shape index (κ1) is 48.9. The highest BCUT2D eigenvalue weighted by Gasteiger charge is 2.64. The van der Waals surface area contributed by atoms with Gasteiger partial charge in [-0.05, 0) is 65.1 Å². The average Bonchev–Trinajstić information content (AvgIpc) is 3.69. The van der Waals surface area contributed by atoms with Crippen molar-refractivity contribution in [1.29, 1.82) is 10.5 Å². The van der Waals surface area contributed by atoms with Gasteiger partial charge in [0.05, 0.1) is 34.9 Å². The van der Waals surface area contributed by atoms with Crippen LogP contribution in [0.2, 0.25) is 5.02 Å². The number of nitrogens with one attached hydrogen (secondary N) is 4. The molecule has 2 heterocycles. The molecule has 6 rings (SSSR count). The number of aliphatic hydroxyl groups excluding tert-OH is 1. The fourth-order valence-electron chi connectivity index (χ4n) is 9.04. The maximum absolute atomic E-state index is 13.9. The maximum Gasteiger partial charge on any atom is 0.251 e. The van der Waals surface area contributed by atoms with Gasteiger partial charge < -0.3 is 40.7 Å². The number of β-amino-alcohol motifs (C(OH)–C–C–N with tert-alkyl or cyclic N) is 1. The third-order valence-corrected chi connectivity index (χ3v) is 12.6. The van der Waals surface area contributed by atoms with E-state index in [1.54, 1.807) is 60.8 Å². The van der Waals surface area contributed by atoms with Gasteiger partial charge in [-0.2, -0.15) is 10.5 Å². The molecule has 1 saturated heterocycles. The Labute approximate surface area is 390 Å². The number of halogens is 1. The standard InChI is InChI=1S/C50H57ClN8O7/c1-48(2,3)42(45(64)59-28-36(60)22-39(59)44(63)56-26-31-10-8-30(24-52)9-11-31)57-41(61)29-65-21-20-54-40-19-17-35(27-55-40)32-12-14-33(15-13-32)43(62)58-46-49(4,5)47(50(46,6)7)66-37-18-16-34(25-53)38(51)23-37/h8-19,23,27,36,39,42,46-47,60H,20-22,26,28-29H2,1-7H3,(H,54,55)(H,56,63)(H,57,61)(H,58,62)/t36-,39+,42?,46?,47?/m1/s1. The third-order valence-electron chi connectivity index (χ3n) is 12.3. The number of carbonyl (C=O) groups excluding carboxylic acids is 4. The fraction of sp³-hybridized carbons (Fsp3) is 0.420.